The first kappa shape index (κ1) is 9.55. The van der Waals surface area contributed by atoms with Crippen molar-refractivity contribution in [3.05, 3.63) is 24.3 Å². The van der Waals surface area contributed by atoms with Gasteiger partial charge in [0.05, 0.1) is 18.3 Å². The van der Waals surface area contributed by atoms with Gasteiger partial charge in [-0.3, -0.25) is 4.79 Å². The van der Waals surface area contributed by atoms with E-state index in [2.05, 4.69) is 0 Å². The average molecular weight is 209 g/mol. The van der Waals surface area contributed by atoms with Crippen molar-refractivity contribution in [3.63, 3.8) is 0 Å². The number of amides is 1. The number of anilines is 1. The van der Waals surface area contributed by atoms with Crippen molar-refractivity contribution >= 4 is 23.9 Å². The molecule has 0 spiro atoms. The molecule has 0 radical (unpaired) electrons. The van der Waals surface area contributed by atoms with E-state index in [1.165, 1.54) is 0 Å². The monoisotopic (exact) mass is 209 g/mol. The first-order valence-electron chi connectivity index (χ1n) is 4.43. The number of nitrogens with zero attached hydrogens (tertiary/aromatic N) is 1. The molecule has 1 aliphatic heterocycles. The third kappa shape index (κ3) is 1.76. The predicted molar refractivity (Wildman–Crippen MR) is 56.6 cm³/mol. The zero-order valence-electron chi connectivity index (χ0n) is 7.59. The van der Waals surface area contributed by atoms with Crippen molar-refractivity contribution in [1.29, 1.82) is 0 Å². The fourth-order valence-corrected chi connectivity index (χ4v) is 2.47. The minimum atomic E-state index is -0.447. The highest BCUT2D eigenvalue weighted by molar-refractivity contribution is 7.99. The number of benzene rings is 1. The fraction of sp³-hybridized carbons (Fsp3) is 0.300. The largest absolute Gasteiger partial charge is 0.390 e. The van der Waals surface area contributed by atoms with Gasteiger partial charge in [-0.15, -0.1) is 11.8 Å². The summed E-state index contributed by atoms with van der Waals surface area (Å²) < 4.78 is 0. The summed E-state index contributed by atoms with van der Waals surface area (Å²) in [5.74, 6) is 0.640. The van der Waals surface area contributed by atoms with Gasteiger partial charge >= 0.3 is 0 Å². The van der Waals surface area contributed by atoms with Gasteiger partial charge in [0.25, 0.3) is 0 Å². The van der Waals surface area contributed by atoms with Gasteiger partial charge in [-0.05, 0) is 12.1 Å². The standard InChI is InChI=1S/C10H11NO2S/c12-7-11-5-8(13)6-14-10-4-2-1-3-9(10)11/h1-4,7-8,13H,5-6H2. The van der Waals surface area contributed by atoms with Crippen LogP contribution in [-0.4, -0.2) is 29.9 Å². The summed E-state index contributed by atoms with van der Waals surface area (Å²) in [4.78, 5) is 13.4. The Morgan fingerprint density at radius 2 is 2.29 bits per heavy atom. The summed E-state index contributed by atoms with van der Waals surface area (Å²) in [6.45, 7) is 0.382. The molecule has 0 bridgehead atoms. The Bertz CT molecular complexity index is 343. The molecule has 1 aromatic carbocycles. The lowest BCUT2D eigenvalue weighted by Crippen LogP contribution is -2.31. The van der Waals surface area contributed by atoms with Crippen LogP contribution in [0.25, 0.3) is 0 Å². The molecule has 1 aromatic rings. The SMILES string of the molecule is O=CN1CC(O)CSc2ccccc21. The Morgan fingerprint density at radius 3 is 3.07 bits per heavy atom. The lowest BCUT2D eigenvalue weighted by Gasteiger charge is -2.17. The maximum absolute atomic E-state index is 10.8. The van der Waals surface area contributed by atoms with Gasteiger partial charge in [-0.1, -0.05) is 12.1 Å². The minimum absolute atomic E-state index is 0.382. The summed E-state index contributed by atoms with van der Waals surface area (Å²) in [7, 11) is 0. The topological polar surface area (TPSA) is 40.5 Å². The molecule has 0 saturated heterocycles. The van der Waals surface area contributed by atoms with Gasteiger partial charge in [0.15, 0.2) is 0 Å². The Kier molecular flexibility index (Phi) is 2.74. The second kappa shape index (κ2) is 4.02. The molecule has 1 aliphatic rings. The summed E-state index contributed by atoms with van der Waals surface area (Å²) in [5, 5.41) is 9.54. The van der Waals surface area contributed by atoms with Crippen molar-refractivity contribution in [2.75, 3.05) is 17.2 Å². The average Bonchev–Trinajstić information content (AvgIpc) is 2.38. The highest BCUT2D eigenvalue weighted by Gasteiger charge is 2.19. The molecule has 1 amide bonds. The van der Waals surface area contributed by atoms with Crippen LogP contribution in [0.15, 0.2) is 29.2 Å². The van der Waals surface area contributed by atoms with Crippen LogP contribution in [0, 0.1) is 0 Å². The Labute approximate surface area is 86.7 Å². The van der Waals surface area contributed by atoms with Crippen molar-refractivity contribution in [2.24, 2.45) is 0 Å². The molecule has 0 fully saturated rings. The molecule has 74 valence electrons. The van der Waals surface area contributed by atoms with Crippen LogP contribution in [0.4, 0.5) is 5.69 Å². The van der Waals surface area contributed by atoms with Gasteiger partial charge < -0.3 is 10.0 Å². The number of β-amino-alcohol motifs (C(OH)–C–C–N with tert-alkyl or cyclic N) is 1. The molecule has 0 aromatic heterocycles. The van der Waals surface area contributed by atoms with Crippen molar-refractivity contribution in [1.82, 2.24) is 0 Å². The van der Waals surface area contributed by atoms with E-state index >= 15 is 0 Å². The van der Waals surface area contributed by atoms with Crippen molar-refractivity contribution in [2.45, 2.75) is 11.0 Å². The molecule has 1 N–H and O–H groups in total. The molecule has 3 nitrogen and oxygen atoms in total. The van der Waals surface area contributed by atoms with Gasteiger partial charge in [0.1, 0.15) is 0 Å². The van der Waals surface area contributed by atoms with Crippen molar-refractivity contribution in [3.8, 4) is 0 Å². The number of para-hydroxylation sites is 1. The molecule has 1 atom stereocenters. The lowest BCUT2D eigenvalue weighted by molar-refractivity contribution is -0.107. The highest BCUT2D eigenvalue weighted by atomic mass is 32.2. The zero-order chi connectivity index (χ0) is 9.97. The Hall–Kier alpha value is -1.00. The molecule has 2 rings (SSSR count). The van der Waals surface area contributed by atoms with Gasteiger partial charge in [-0.25, -0.2) is 0 Å². The molecule has 1 unspecified atom stereocenters. The van der Waals surface area contributed by atoms with Gasteiger partial charge in [-0.2, -0.15) is 0 Å². The van der Waals surface area contributed by atoms with Gasteiger partial charge in [0.2, 0.25) is 6.41 Å². The number of aliphatic hydroxyl groups is 1. The second-order valence-electron chi connectivity index (χ2n) is 3.19. The zero-order valence-corrected chi connectivity index (χ0v) is 8.41. The highest BCUT2D eigenvalue weighted by Crippen LogP contribution is 2.32. The van der Waals surface area contributed by atoms with Crippen LogP contribution < -0.4 is 4.90 Å². The van der Waals surface area contributed by atoms with Crippen LogP contribution in [0.1, 0.15) is 0 Å². The second-order valence-corrected chi connectivity index (χ2v) is 4.25. The summed E-state index contributed by atoms with van der Waals surface area (Å²) in [6, 6.07) is 7.70. The van der Waals surface area contributed by atoms with Crippen LogP contribution in [0.2, 0.25) is 0 Å². The van der Waals surface area contributed by atoms with E-state index in [0.29, 0.717) is 12.3 Å². The summed E-state index contributed by atoms with van der Waals surface area (Å²) in [5.41, 5.74) is 0.893. The quantitative estimate of drug-likeness (QED) is 0.704. The van der Waals surface area contributed by atoms with E-state index in [1.54, 1.807) is 16.7 Å². The van der Waals surface area contributed by atoms with E-state index in [-0.39, 0.29) is 0 Å². The Balaban J connectivity index is 2.39. The third-order valence-corrected chi connectivity index (χ3v) is 3.35. The van der Waals surface area contributed by atoms with E-state index in [9.17, 15) is 9.90 Å². The lowest BCUT2D eigenvalue weighted by atomic mass is 10.3. The van der Waals surface area contributed by atoms with E-state index in [4.69, 9.17) is 0 Å². The van der Waals surface area contributed by atoms with Gasteiger partial charge in [0, 0.05) is 10.6 Å². The maximum Gasteiger partial charge on any atom is 0.214 e. The predicted octanol–water partition coefficient (Wildman–Crippen LogP) is 1.12. The number of carbonyl (C=O) groups is 1. The van der Waals surface area contributed by atoms with Crippen LogP contribution in [-0.2, 0) is 4.79 Å². The number of aliphatic hydroxyl groups excluding tert-OH is 1. The number of carbonyl (C=O) groups excluding carboxylic acids is 1. The fourth-order valence-electron chi connectivity index (χ4n) is 1.48. The van der Waals surface area contributed by atoms with E-state index < -0.39 is 6.10 Å². The number of hydrogen-bond acceptors (Lipinski definition) is 3. The van der Waals surface area contributed by atoms with Crippen LogP contribution >= 0.6 is 11.8 Å². The normalized spacial score (nSPS) is 21.2. The molecule has 4 heteroatoms. The summed E-state index contributed by atoms with van der Waals surface area (Å²) in [6.07, 6.45) is 0.325. The number of hydrogen-bond donors (Lipinski definition) is 1. The molecule has 0 saturated carbocycles. The smallest absolute Gasteiger partial charge is 0.214 e. The molecule has 14 heavy (non-hydrogen) atoms. The molecule has 1 heterocycles. The molecular formula is C10H11NO2S. The Morgan fingerprint density at radius 1 is 1.50 bits per heavy atom. The number of fused-ring (bicyclic) bond motifs is 1. The summed E-state index contributed by atoms with van der Waals surface area (Å²) >= 11 is 1.59. The maximum atomic E-state index is 10.8. The number of thioether (sulfide) groups is 1. The van der Waals surface area contributed by atoms with Crippen molar-refractivity contribution < 1.29 is 9.90 Å². The van der Waals surface area contributed by atoms with Crippen LogP contribution in [0.3, 0.4) is 0 Å². The third-order valence-electron chi connectivity index (χ3n) is 2.14. The first-order chi connectivity index (χ1) is 6.81. The first-order valence-corrected chi connectivity index (χ1v) is 5.41. The minimum Gasteiger partial charge on any atom is -0.390 e. The van der Waals surface area contributed by atoms with E-state index in [0.717, 1.165) is 17.0 Å². The molecule has 0 aliphatic carbocycles. The van der Waals surface area contributed by atoms with Crippen LogP contribution in [0.5, 0.6) is 0 Å². The molecular weight excluding hydrogens is 198 g/mol. The van der Waals surface area contributed by atoms with E-state index in [1.807, 2.05) is 24.3 Å². The number of rotatable bonds is 1.